The number of hydrogen-bond donors (Lipinski definition) is 1. The Bertz CT molecular complexity index is 1230. The van der Waals surface area contributed by atoms with Crippen molar-refractivity contribution in [2.24, 2.45) is 0 Å². The number of carbonyl (C=O) groups is 1. The number of amides is 1. The van der Waals surface area contributed by atoms with Crippen molar-refractivity contribution in [1.29, 1.82) is 0 Å². The van der Waals surface area contributed by atoms with Crippen LogP contribution < -0.4 is 10.1 Å². The second kappa shape index (κ2) is 8.37. The van der Waals surface area contributed by atoms with Gasteiger partial charge >= 0.3 is 0 Å². The molecule has 3 aromatic carbocycles. The number of benzene rings is 3. The third-order valence-corrected chi connectivity index (χ3v) is 5.05. The zero-order valence-corrected chi connectivity index (χ0v) is 17.4. The molecule has 0 atom stereocenters. The first-order valence-electron chi connectivity index (χ1n) is 10.1. The number of carbonyl (C=O) groups excluding carboxylic acids is 1. The van der Waals surface area contributed by atoms with Gasteiger partial charge in [0.2, 0.25) is 0 Å². The summed E-state index contributed by atoms with van der Waals surface area (Å²) in [4.78, 5) is 18.1. The van der Waals surface area contributed by atoms with Gasteiger partial charge < -0.3 is 10.1 Å². The molecule has 0 aliphatic heterocycles. The third-order valence-electron chi connectivity index (χ3n) is 5.05. The summed E-state index contributed by atoms with van der Waals surface area (Å²) in [7, 11) is 0. The highest BCUT2D eigenvalue weighted by molar-refractivity contribution is 6.13. The molecule has 4 heteroatoms. The number of rotatable bonds is 5. The van der Waals surface area contributed by atoms with Crippen LogP contribution in [0.1, 0.15) is 28.4 Å². The summed E-state index contributed by atoms with van der Waals surface area (Å²) < 4.78 is 5.65. The maximum absolute atomic E-state index is 13.3. The van der Waals surface area contributed by atoms with Gasteiger partial charge in [0, 0.05) is 10.9 Å². The van der Waals surface area contributed by atoms with E-state index in [0.29, 0.717) is 23.6 Å². The van der Waals surface area contributed by atoms with Gasteiger partial charge in [-0.3, -0.25) is 4.79 Å². The topological polar surface area (TPSA) is 51.2 Å². The van der Waals surface area contributed by atoms with Crippen LogP contribution in [-0.2, 0) is 0 Å². The molecule has 1 amide bonds. The molecule has 150 valence electrons. The Morgan fingerprint density at radius 1 is 0.967 bits per heavy atom. The first-order chi connectivity index (χ1) is 14.6. The number of pyridine rings is 1. The number of hydrogen-bond acceptors (Lipinski definition) is 3. The normalized spacial score (nSPS) is 10.8. The molecule has 1 heterocycles. The van der Waals surface area contributed by atoms with Crippen LogP contribution in [-0.4, -0.2) is 17.5 Å². The van der Waals surface area contributed by atoms with E-state index in [1.54, 1.807) is 0 Å². The Balaban J connectivity index is 1.81. The van der Waals surface area contributed by atoms with Gasteiger partial charge in [-0.15, -0.1) is 0 Å². The molecule has 4 aromatic rings. The Morgan fingerprint density at radius 2 is 1.73 bits per heavy atom. The average Bonchev–Trinajstić information content (AvgIpc) is 2.74. The lowest BCUT2D eigenvalue weighted by atomic mass is 9.99. The highest BCUT2D eigenvalue weighted by Gasteiger charge is 2.16. The van der Waals surface area contributed by atoms with Crippen LogP contribution in [0.15, 0.2) is 72.8 Å². The Kier molecular flexibility index (Phi) is 5.48. The van der Waals surface area contributed by atoms with Crippen LogP contribution in [0, 0.1) is 13.8 Å². The largest absolute Gasteiger partial charge is 0.492 e. The SMILES string of the molecule is CCOc1ccccc1NC(=O)c1cc(-c2ccc(C)cc2C)nc2ccccc12. The van der Waals surface area contributed by atoms with Crippen molar-refractivity contribution in [2.45, 2.75) is 20.8 Å². The number of nitrogens with one attached hydrogen (secondary N) is 1. The van der Waals surface area contributed by atoms with Crippen LogP contribution in [0.2, 0.25) is 0 Å². The van der Waals surface area contributed by atoms with Gasteiger partial charge in [0.05, 0.1) is 29.1 Å². The molecular formula is C26H24N2O2. The highest BCUT2D eigenvalue weighted by atomic mass is 16.5. The van der Waals surface area contributed by atoms with E-state index >= 15 is 0 Å². The van der Waals surface area contributed by atoms with E-state index in [1.807, 2.05) is 61.5 Å². The van der Waals surface area contributed by atoms with E-state index in [4.69, 9.17) is 9.72 Å². The molecule has 0 radical (unpaired) electrons. The minimum absolute atomic E-state index is 0.188. The maximum Gasteiger partial charge on any atom is 0.256 e. The van der Waals surface area contributed by atoms with Crippen LogP contribution in [0.3, 0.4) is 0 Å². The van der Waals surface area contributed by atoms with Crippen molar-refractivity contribution in [3.8, 4) is 17.0 Å². The molecule has 0 saturated carbocycles. The zero-order chi connectivity index (χ0) is 21.1. The Hall–Kier alpha value is -3.66. The number of anilines is 1. The van der Waals surface area contributed by atoms with E-state index in [9.17, 15) is 4.79 Å². The lowest BCUT2D eigenvalue weighted by Crippen LogP contribution is -2.14. The molecule has 1 N–H and O–H groups in total. The monoisotopic (exact) mass is 396 g/mol. The van der Waals surface area contributed by atoms with E-state index < -0.39 is 0 Å². The molecule has 0 saturated heterocycles. The first kappa shape index (κ1) is 19.6. The molecule has 4 rings (SSSR count). The predicted molar refractivity (Wildman–Crippen MR) is 122 cm³/mol. The van der Waals surface area contributed by atoms with Gasteiger partial charge in [-0.05, 0) is 50.6 Å². The van der Waals surface area contributed by atoms with E-state index in [0.717, 1.165) is 27.7 Å². The van der Waals surface area contributed by atoms with Crippen molar-refractivity contribution < 1.29 is 9.53 Å². The molecule has 0 unspecified atom stereocenters. The quantitative estimate of drug-likeness (QED) is 0.439. The molecule has 0 fully saturated rings. The van der Waals surface area contributed by atoms with Gasteiger partial charge in [-0.1, -0.05) is 54.1 Å². The van der Waals surface area contributed by atoms with Gasteiger partial charge in [0.25, 0.3) is 5.91 Å². The van der Waals surface area contributed by atoms with Crippen molar-refractivity contribution in [3.05, 3.63) is 89.5 Å². The molecular weight excluding hydrogens is 372 g/mol. The Labute approximate surface area is 176 Å². The fourth-order valence-corrected chi connectivity index (χ4v) is 3.64. The Morgan fingerprint density at radius 3 is 2.53 bits per heavy atom. The average molecular weight is 396 g/mol. The van der Waals surface area contributed by atoms with Crippen molar-refractivity contribution in [1.82, 2.24) is 4.98 Å². The van der Waals surface area contributed by atoms with E-state index in [1.165, 1.54) is 5.56 Å². The van der Waals surface area contributed by atoms with Crippen LogP contribution in [0.25, 0.3) is 22.2 Å². The molecule has 4 nitrogen and oxygen atoms in total. The number of aromatic nitrogens is 1. The highest BCUT2D eigenvalue weighted by Crippen LogP contribution is 2.29. The summed E-state index contributed by atoms with van der Waals surface area (Å²) in [6.07, 6.45) is 0. The van der Waals surface area contributed by atoms with Gasteiger partial charge in [0.1, 0.15) is 5.75 Å². The van der Waals surface area contributed by atoms with Crippen LogP contribution >= 0.6 is 0 Å². The van der Waals surface area contributed by atoms with Gasteiger partial charge in [-0.25, -0.2) is 4.98 Å². The van der Waals surface area contributed by atoms with Crippen molar-refractivity contribution >= 4 is 22.5 Å². The second-order valence-corrected chi connectivity index (χ2v) is 7.27. The molecule has 0 aliphatic carbocycles. The summed E-state index contributed by atoms with van der Waals surface area (Å²) in [6, 6.07) is 23.3. The number of ether oxygens (including phenoxy) is 1. The molecule has 1 aromatic heterocycles. The number of para-hydroxylation sites is 3. The lowest BCUT2D eigenvalue weighted by molar-refractivity contribution is 0.102. The summed E-state index contributed by atoms with van der Waals surface area (Å²) in [6.45, 7) is 6.59. The van der Waals surface area contributed by atoms with Gasteiger partial charge in [-0.2, -0.15) is 0 Å². The summed E-state index contributed by atoms with van der Waals surface area (Å²) in [5, 5.41) is 3.83. The minimum Gasteiger partial charge on any atom is -0.492 e. The lowest BCUT2D eigenvalue weighted by Gasteiger charge is -2.14. The summed E-state index contributed by atoms with van der Waals surface area (Å²) >= 11 is 0. The molecule has 0 aliphatic rings. The smallest absolute Gasteiger partial charge is 0.256 e. The summed E-state index contributed by atoms with van der Waals surface area (Å²) in [5.74, 6) is 0.466. The second-order valence-electron chi connectivity index (χ2n) is 7.27. The third kappa shape index (κ3) is 3.90. The standard InChI is InChI=1S/C26H24N2O2/c1-4-30-25-12-8-7-11-23(25)28-26(29)21-16-24(19-14-13-17(2)15-18(19)3)27-22-10-6-5-9-20(21)22/h5-16H,4H2,1-3H3,(H,28,29). The van der Waals surface area contributed by atoms with Crippen molar-refractivity contribution in [2.75, 3.05) is 11.9 Å². The van der Waals surface area contributed by atoms with Crippen LogP contribution in [0.5, 0.6) is 5.75 Å². The fraction of sp³-hybridized carbons (Fsp3) is 0.154. The predicted octanol–water partition coefficient (Wildman–Crippen LogP) is 6.17. The van der Waals surface area contributed by atoms with Crippen LogP contribution in [0.4, 0.5) is 5.69 Å². The minimum atomic E-state index is -0.188. The molecule has 0 spiro atoms. The molecule has 0 bridgehead atoms. The van der Waals surface area contributed by atoms with Gasteiger partial charge in [0.15, 0.2) is 0 Å². The summed E-state index contributed by atoms with van der Waals surface area (Å²) in [5.41, 5.74) is 6.16. The number of aryl methyl sites for hydroxylation is 2. The molecule has 30 heavy (non-hydrogen) atoms. The zero-order valence-electron chi connectivity index (χ0n) is 17.4. The van der Waals surface area contributed by atoms with E-state index in [2.05, 4.69) is 37.4 Å². The van der Waals surface area contributed by atoms with E-state index in [-0.39, 0.29) is 5.91 Å². The fourth-order valence-electron chi connectivity index (χ4n) is 3.64. The first-order valence-corrected chi connectivity index (χ1v) is 10.1. The number of nitrogens with zero attached hydrogens (tertiary/aromatic N) is 1. The number of fused-ring (bicyclic) bond motifs is 1. The maximum atomic E-state index is 13.3. The van der Waals surface area contributed by atoms with Crippen molar-refractivity contribution in [3.63, 3.8) is 0 Å².